The monoisotopic (exact) mass is 395 g/mol. The fourth-order valence-electron chi connectivity index (χ4n) is 3.85. The van der Waals surface area contributed by atoms with Gasteiger partial charge in [0.05, 0.1) is 23.7 Å². The van der Waals surface area contributed by atoms with Crippen LogP contribution < -0.4 is 4.90 Å². The van der Waals surface area contributed by atoms with Crippen molar-refractivity contribution in [2.75, 3.05) is 11.4 Å². The summed E-state index contributed by atoms with van der Waals surface area (Å²) in [5.41, 5.74) is 5.21. The van der Waals surface area contributed by atoms with Crippen molar-refractivity contribution in [3.63, 3.8) is 0 Å². The number of hydrogen-bond donors (Lipinski definition) is 1. The van der Waals surface area contributed by atoms with E-state index in [0.717, 1.165) is 60.7 Å². The lowest BCUT2D eigenvalue weighted by atomic mass is 9.97. The van der Waals surface area contributed by atoms with Gasteiger partial charge in [-0.1, -0.05) is 50.2 Å². The molecule has 6 heteroatoms. The topological polar surface area (TPSA) is 49.7 Å². The molecular weight excluding hydrogens is 370 g/mol. The lowest BCUT2D eigenvalue weighted by Gasteiger charge is -2.27. The summed E-state index contributed by atoms with van der Waals surface area (Å²) in [4.78, 5) is 2.26. The normalized spacial score (nSPS) is 15.2. The standard InChI is InChI=1S/C22H26ClN5/c1-4-15(2)18-13-24-26-21(18)19-14-25-28-12-8-7-11-27(22(19)28)16(3)17-9-5-6-10-20(17)23/h5-6,9-10,13-15H,3-4,7-8,11-12H2,1-2H3,(H,24,26). The minimum absolute atomic E-state index is 0.426. The number of fused-ring (bicyclic) bond motifs is 1. The number of aryl methyl sites for hydroxylation is 1. The van der Waals surface area contributed by atoms with Crippen molar-refractivity contribution in [1.82, 2.24) is 20.0 Å². The van der Waals surface area contributed by atoms with Crippen LogP contribution in [0.3, 0.4) is 0 Å². The molecule has 1 aromatic carbocycles. The Morgan fingerprint density at radius 1 is 1.25 bits per heavy atom. The highest BCUT2D eigenvalue weighted by molar-refractivity contribution is 6.32. The predicted molar refractivity (Wildman–Crippen MR) is 116 cm³/mol. The van der Waals surface area contributed by atoms with Crippen molar-refractivity contribution < 1.29 is 0 Å². The summed E-state index contributed by atoms with van der Waals surface area (Å²) in [6.45, 7) is 10.6. The molecule has 0 saturated heterocycles. The van der Waals surface area contributed by atoms with Crippen LogP contribution in [0, 0.1) is 0 Å². The van der Waals surface area contributed by atoms with Crippen molar-refractivity contribution in [1.29, 1.82) is 0 Å². The van der Waals surface area contributed by atoms with Gasteiger partial charge in [-0.05, 0) is 31.2 Å². The summed E-state index contributed by atoms with van der Waals surface area (Å²) < 4.78 is 2.09. The van der Waals surface area contributed by atoms with Gasteiger partial charge in [-0.25, -0.2) is 4.68 Å². The van der Waals surface area contributed by atoms with Crippen LogP contribution in [0.2, 0.25) is 5.02 Å². The maximum atomic E-state index is 6.48. The lowest BCUT2D eigenvalue weighted by Crippen LogP contribution is -2.24. The maximum Gasteiger partial charge on any atom is 0.140 e. The minimum atomic E-state index is 0.426. The van der Waals surface area contributed by atoms with Gasteiger partial charge in [0.25, 0.3) is 0 Å². The van der Waals surface area contributed by atoms with Gasteiger partial charge in [0.2, 0.25) is 0 Å². The molecule has 0 bridgehead atoms. The molecule has 4 rings (SSSR count). The van der Waals surface area contributed by atoms with E-state index in [1.165, 1.54) is 5.56 Å². The zero-order valence-corrected chi connectivity index (χ0v) is 17.2. The third-order valence-corrected chi connectivity index (χ3v) is 5.99. The van der Waals surface area contributed by atoms with E-state index in [4.69, 9.17) is 16.7 Å². The lowest BCUT2D eigenvalue weighted by molar-refractivity contribution is 0.593. The number of hydrogen-bond acceptors (Lipinski definition) is 3. The minimum Gasteiger partial charge on any atom is -0.326 e. The average molecular weight is 396 g/mol. The Kier molecular flexibility index (Phi) is 5.27. The summed E-state index contributed by atoms with van der Waals surface area (Å²) in [7, 11) is 0. The van der Waals surface area contributed by atoms with Crippen LogP contribution in [-0.2, 0) is 6.54 Å². The number of nitrogens with one attached hydrogen (secondary N) is 1. The van der Waals surface area contributed by atoms with E-state index in [1.807, 2.05) is 36.7 Å². The molecular formula is C22H26ClN5. The van der Waals surface area contributed by atoms with E-state index in [9.17, 15) is 0 Å². The zero-order chi connectivity index (χ0) is 19.7. The van der Waals surface area contributed by atoms with Crippen LogP contribution in [-0.4, -0.2) is 26.5 Å². The molecule has 0 fully saturated rings. The highest BCUT2D eigenvalue weighted by atomic mass is 35.5. The van der Waals surface area contributed by atoms with Gasteiger partial charge in [0.15, 0.2) is 0 Å². The van der Waals surface area contributed by atoms with E-state index in [1.54, 1.807) is 0 Å². The zero-order valence-electron chi connectivity index (χ0n) is 16.5. The number of rotatable bonds is 5. The number of anilines is 1. The third-order valence-electron chi connectivity index (χ3n) is 5.66. The molecule has 146 valence electrons. The summed E-state index contributed by atoms with van der Waals surface area (Å²) in [5, 5.41) is 13.0. The SMILES string of the molecule is C=C(c1ccccc1Cl)N1CCCCn2ncc(-c3[nH]ncc3C(C)CC)c21. The largest absolute Gasteiger partial charge is 0.326 e. The fourth-order valence-corrected chi connectivity index (χ4v) is 4.09. The Morgan fingerprint density at radius 2 is 2.04 bits per heavy atom. The molecule has 1 unspecified atom stereocenters. The molecule has 3 aromatic rings. The molecule has 1 aliphatic rings. The second kappa shape index (κ2) is 7.84. The van der Waals surface area contributed by atoms with Gasteiger partial charge in [-0.2, -0.15) is 10.2 Å². The van der Waals surface area contributed by atoms with Crippen molar-refractivity contribution in [2.45, 2.75) is 45.6 Å². The summed E-state index contributed by atoms with van der Waals surface area (Å²) >= 11 is 6.48. The van der Waals surface area contributed by atoms with Crippen LogP contribution in [0.4, 0.5) is 5.82 Å². The number of aromatic nitrogens is 4. The second-order valence-corrected chi connectivity index (χ2v) is 7.81. The Bertz CT molecular complexity index is 986. The van der Waals surface area contributed by atoms with E-state index in [-0.39, 0.29) is 0 Å². The van der Waals surface area contributed by atoms with E-state index < -0.39 is 0 Å². The Labute approximate surface area is 171 Å². The fraction of sp³-hybridized carbons (Fsp3) is 0.364. The molecule has 1 aliphatic heterocycles. The summed E-state index contributed by atoms with van der Waals surface area (Å²) in [6.07, 6.45) is 7.12. The van der Waals surface area contributed by atoms with Gasteiger partial charge in [-0.15, -0.1) is 0 Å². The second-order valence-electron chi connectivity index (χ2n) is 7.40. The third kappa shape index (κ3) is 3.24. The van der Waals surface area contributed by atoms with Gasteiger partial charge in [0.1, 0.15) is 5.82 Å². The van der Waals surface area contributed by atoms with Gasteiger partial charge < -0.3 is 4.90 Å². The Morgan fingerprint density at radius 3 is 2.82 bits per heavy atom. The van der Waals surface area contributed by atoms with Crippen molar-refractivity contribution >= 4 is 23.1 Å². The maximum absolute atomic E-state index is 6.48. The molecule has 2 aromatic heterocycles. The molecule has 5 nitrogen and oxygen atoms in total. The van der Waals surface area contributed by atoms with E-state index >= 15 is 0 Å². The predicted octanol–water partition coefficient (Wildman–Crippen LogP) is 5.71. The molecule has 1 atom stereocenters. The van der Waals surface area contributed by atoms with Crippen LogP contribution in [0.1, 0.15) is 50.2 Å². The van der Waals surface area contributed by atoms with Crippen LogP contribution in [0.5, 0.6) is 0 Å². The van der Waals surface area contributed by atoms with Crippen LogP contribution >= 0.6 is 11.6 Å². The molecule has 0 aliphatic carbocycles. The van der Waals surface area contributed by atoms with Gasteiger partial charge in [-0.3, -0.25) is 5.10 Å². The Balaban J connectivity index is 1.83. The molecule has 1 N–H and O–H groups in total. The molecule has 3 heterocycles. The first kappa shape index (κ1) is 18.8. The summed E-state index contributed by atoms with van der Waals surface area (Å²) in [6, 6.07) is 7.88. The van der Waals surface area contributed by atoms with E-state index in [2.05, 4.69) is 40.2 Å². The summed E-state index contributed by atoms with van der Waals surface area (Å²) in [5.74, 6) is 1.49. The molecule has 0 spiro atoms. The Hall–Kier alpha value is -2.53. The van der Waals surface area contributed by atoms with Crippen LogP contribution in [0.25, 0.3) is 17.0 Å². The van der Waals surface area contributed by atoms with Gasteiger partial charge in [0, 0.05) is 34.9 Å². The number of aromatic amines is 1. The van der Waals surface area contributed by atoms with Crippen molar-refractivity contribution in [3.8, 4) is 11.3 Å². The average Bonchev–Trinajstić information content (AvgIpc) is 3.29. The smallest absolute Gasteiger partial charge is 0.140 e. The molecule has 28 heavy (non-hydrogen) atoms. The molecule has 0 saturated carbocycles. The quantitative estimate of drug-likeness (QED) is 0.601. The molecule has 0 amide bonds. The number of H-pyrrole nitrogens is 1. The van der Waals surface area contributed by atoms with Crippen LogP contribution in [0.15, 0.2) is 43.2 Å². The van der Waals surface area contributed by atoms with Gasteiger partial charge >= 0.3 is 0 Å². The molecule has 0 radical (unpaired) electrons. The first-order valence-electron chi connectivity index (χ1n) is 9.92. The highest BCUT2D eigenvalue weighted by Crippen LogP contribution is 2.40. The van der Waals surface area contributed by atoms with Crippen molar-refractivity contribution in [2.24, 2.45) is 0 Å². The highest BCUT2D eigenvalue weighted by Gasteiger charge is 2.27. The first-order chi connectivity index (χ1) is 13.6. The number of benzene rings is 1. The van der Waals surface area contributed by atoms with Crippen molar-refractivity contribution in [3.05, 3.63) is 59.4 Å². The van der Waals surface area contributed by atoms with E-state index in [0.29, 0.717) is 10.9 Å². The number of halogens is 1. The number of nitrogens with zero attached hydrogens (tertiary/aromatic N) is 4. The first-order valence-corrected chi connectivity index (χ1v) is 10.3.